The second kappa shape index (κ2) is 10.0. The number of piperazine rings is 1. The van der Waals surface area contributed by atoms with E-state index in [9.17, 15) is 13.6 Å². The normalized spacial score (nSPS) is 19.2. The van der Waals surface area contributed by atoms with Crippen LogP contribution in [-0.4, -0.2) is 73.5 Å². The highest BCUT2D eigenvalue weighted by Crippen LogP contribution is 2.20. The molecule has 2 N–H and O–H groups in total. The number of halogens is 2. The van der Waals surface area contributed by atoms with Gasteiger partial charge in [-0.05, 0) is 31.4 Å². The molecule has 1 aliphatic carbocycles. The zero-order valence-electron chi connectivity index (χ0n) is 17.3. The quantitative estimate of drug-likeness (QED) is 0.536. The van der Waals surface area contributed by atoms with E-state index in [1.165, 1.54) is 12.1 Å². The fourth-order valence-corrected chi connectivity index (χ4v) is 3.47. The summed E-state index contributed by atoms with van der Waals surface area (Å²) < 4.78 is 27.1. The number of aliphatic imine (C=N–C) groups is 1. The third-order valence-electron chi connectivity index (χ3n) is 5.32. The summed E-state index contributed by atoms with van der Waals surface area (Å²) >= 11 is 0. The van der Waals surface area contributed by atoms with Crippen LogP contribution in [0.25, 0.3) is 0 Å². The van der Waals surface area contributed by atoms with Crippen molar-refractivity contribution >= 4 is 11.9 Å². The largest absolute Gasteiger partial charge is 0.357 e. The number of rotatable bonds is 7. The molecular formula is C21H31F2N5O. The highest BCUT2D eigenvalue weighted by atomic mass is 19.1. The van der Waals surface area contributed by atoms with Gasteiger partial charge in [-0.25, -0.2) is 8.78 Å². The Morgan fingerprint density at radius 3 is 2.59 bits per heavy atom. The summed E-state index contributed by atoms with van der Waals surface area (Å²) in [5, 5.41) is 6.32. The summed E-state index contributed by atoms with van der Waals surface area (Å²) in [6, 6.07) is 4.08. The first-order valence-electron chi connectivity index (χ1n) is 10.5. The van der Waals surface area contributed by atoms with Crippen molar-refractivity contribution in [3.63, 3.8) is 0 Å². The van der Waals surface area contributed by atoms with Crippen LogP contribution in [0, 0.1) is 11.6 Å². The Hall–Kier alpha value is -2.22. The van der Waals surface area contributed by atoms with Crippen LogP contribution < -0.4 is 10.6 Å². The molecule has 2 aliphatic rings. The molecule has 6 nitrogen and oxygen atoms in total. The van der Waals surface area contributed by atoms with E-state index in [0.29, 0.717) is 24.7 Å². The van der Waals surface area contributed by atoms with Gasteiger partial charge in [0.05, 0.1) is 6.54 Å². The predicted molar refractivity (Wildman–Crippen MR) is 110 cm³/mol. The molecule has 1 aromatic carbocycles. The van der Waals surface area contributed by atoms with Crippen LogP contribution in [0.3, 0.4) is 0 Å². The van der Waals surface area contributed by atoms with Gasteiger partial charge in [0, 0.05) is 57.3 Å². The van der Waals surface area contributed by atoms with Crippen LogP contribution in [0.5, 0.6) is 0 Å². The molecule has 1 heterocycles. The summed E-state index contributed by atoms with van der Waals surface area (Å²) in [7, 11) is 0. The van der Waals surface area contributed by atoms with Crippen LogP contribution in [0.4, 0.5) is 8.78 Å². The summed E-state index contributed by atoms with van der Waals surface area (Å²) in [6.45, 7) is 8.64. The van der Waals surface area contributed by atoms with Gasteiger partial charge in [-0.15, -0.1) is 0 Å². The summed E-state index contributed by atoms with van der Waals surface area (Å²) in [5.74, 6) is -0.355. The molecule has 0 radical (unpaired) electrons. The molecule has 1 saturated carbocycles. The van der Waals surface area contributed by atoms with Crippen molar-refractivity contribution in [2.24, 2.45) is 4.99 Å². The van der Waals surface area contributed by atoms with Crippen molar-refractivity contribution in [1.82, 2.24) is 20.4 Å². The maximum Gasteiger partial charge on any atom is 0.234 e. The molecule has 1 aliphatic heterocycles. The number of nitrogens with one attached hydrogen (secondary N) is 2. The number of carbonyl (C=O) groups excluding carboxylic acids is 1. The third-order valence-corrected chi connectivity index (χ3v) is 5.32. The molecule has 1 amide bonds. The number of carbonyl (C=O) groups is 1. The van der Waals surface area contributed by atoms with E-state index in [-0.39, 0.29) is 11.8 Å². The van der Waals surface area contributed by atoms with Gasteiger partial charge in [0.25, 0.3) is 0 Å². The fraction of sp³-hybridized carbons (Fsp3) is 0.619. The predicted octanol–water partition coefficient (Wildman–Crippen LogP) is 1.93. The van der Waals surface area contributed by atoms with E-state index in [2.05, 4.69) is 25.4 Å². The molecule has 1 saturated heterocycles. The lowest BCUT2D eigenvalue weighted by atomic mass is 10.0. The number of nitrogens with zero attached hydrogens (tertiary/aromatic N) is 3. The first-order chi connectivity index (χ1) is 14.0. The van der Waals surface area contributed by atoms with Crippen LogP contribution in [0.15, 0.2) is 23.2 Å². The molecule has 1 atom stereocenters. The number of hydrogen-bond donors (Lipinski definition) is 2. The molecule has 29 heavy (non-hydrogen) atoms. The Labute approximate surface area is 171 Å². The number of amides is 1. The average molecular weight is 408 g/mol. The smallest absolute Gasteiger partial charge is 0.234 e. The van der Waals surface area contributed by atoms with Gasteiger partial charge < -0.3 is 15.5 Å². The standard InChI is InChI=1S/C21H31F2N5O/c1-3-24-21(25-13-15(2)18-7-4-16(22)12-19(18)23)28-10-8-27(9-11-28)14-20(29)26-17-5-6-17/h4,7,12,15,17H,3,5-6,8-11,13-14H2,1-2H3,(H,24,25)(H,26,29). The number of benzene rings is 1. The first kappa shape index (κ1) is 21.5. The van der Waals surface area contributed by atoms with Gasteiger partial charge in [-0.2, -0.15) is 0 Å². The zero-order valence-corrected chi connectivity index (χ0v) is 17.3. The van der Waals surface area contributed by atoms with Crippen LogP contribution in [0.1, 0.15) is 38.2 Å². The topological polar surface area (TPSA) is 60.0 Å². The van der Waals surface area contributed by atoms with E-state index in [1.807, 2.05) is 13.8 Å². The van der Waals surface area contributed by atoms with Gasteiger partial charge in [0.1, 0.15) is 11.6 Å². The van der Waals surface area contributed by atoms with Crippen molar-refractivity contribution in [2.75, 3.05) is 45.8 Å². The summed E-state index contributed by atoms with van der Waals surface area (Å²) in [5.41, 5.74) is 0.470. The van der Waals surface area contributed by atoms with E-state index < -0.39 is 11.6 Å². The minimum absolute atomic E-state index is 0.108. The summed E-state index contributed by atoms with van der Waals surface area (Å²) in [4.78, 5) is 21.0. The van der Waals surface area contributed by atoms with Gasteiger partial charge in [0.2, 0.25) is 5.91 Å². The summed E-state index contributed by atoms with van der Waals surface area (Å²) in [6.07, 6.45) is 2.20. The van der Waals surface area contributed by atoms with Gasteiger partial charge >= 0.3 is 0 Å². The van der Waals surface area contributed by atoms with Gasteiger partial charge in [0.15, 0.2) is 5.96 Å². The molecule has 1 unspecified atom stereocenters. The maximum atomic E-state index is 14.0. The highest BCUT2D eigenvalue weighted by molar-refractivity contribution is 5.80. The fourth-order valence-electron chi connectivity index (χ4n) is 3.47. The van der Waals surface area contributed by atoms with E-state index in [0.717, 1.165) is 57.6 Å². The average Bonchev–Trinajstić information content (AvgIpc) is 3.49. The molecule has 160 valence electrons. The lowest BCUT2D eigenvalue weighted by Crippen LogP contribution is -2.54. The second-order valence-corrected chi connectivity index (χ2v) is 7.87. The molecule has 3 rings (SSSR count). The van der Waals surface area contributed by atoms with Gasteiger partial charge in [-0.3, -0.25) is 14.7 Å². The third kappa shape index (κ3) is 6.39. The molecular weight excluding hydrogens is 376 g/mol. The van der Waals surface area contributed by atoms with Crippen molar-refractivity contribution in [3.8, 4) is 0 Å². The monoisotopic (exact) mass is 407 g/mol. The Kier molecular flexibility index (Phi) is 7.41. The SMILES string of the molecule is CCNC(=NCC(C)c1ccc(F)cc1F)N1CCN(CC(=O)NC2CC2)CC1. The Balaban J connectivity index is 1.52. The lowest BCUT2D eigenvalue weighted by Gasteiger charge is -2.36. The van der Waals surface area contributed by atoms with E-state index in [4.69, 9.17) is 0 Å². The van der Waals surface area contributed by atoms with Crippen LogP contribution in [-0.2, 0) is 4.79 Å². The zero-order chi connectivity index (χ0) is 20.8. The van der Waals surface area contributed by atoms with E-state index in [1.54, 1.807) is 0 Å². The maximum absolute atomic E-state index is 14.0. The van der Waals surface area contributed by atoms with Crippen molar-refractivity contribution < 1.29 is 13.6 Å². The Bertz CT molecular complexity index is 730. The molecule has 0 aromatic heterocycles. The second-order valence-electron chi connectivity index (χ2n) is 7.87. The molecule has 2 fully saturated rings. The van der Waals surface area contributed by atoms with E-state index >= 15 is 0 Å². The molecule has 1 aromatic rings. The molecule has 0 spiro atoms. The van der Waals surface area contributed by atoms with Crippen molar-refractivity contribution in [3.05, 3.63) is 35.4 Å². The molecule has 0 bridgehead atoms. The minimum Gasteiger partial charge on any atom is -0.357 e. The number of guanidine groups is 1. The van der Waals surface area contributed by atoms with Gasteiger partial charge in [-0.1, -0.05) is 13.0 Å². The Morgan fingerprint density at radius 1 is 1.24 bits per heavy atom. The lowest BCUT2D eigenvalue weighted by molar-refractivity contribution is -0.122. The number of hydrogen-bond acceptors (Lipinski definition) is 3. The molecule has 8 heteroatoms. The van der Waals surface area contributed by atoms with Crippen LogP contribution in [0.2, 0.25) is 0 Å². The minimum atomic E-state index is -0.570. The van der Waals surface area contributed by atoms with Crippen molar-refractivity contribution in [1.29, 1.82) is 0 Å². The van der Waals surface area contributed by atoms with Crippen LogP contribution >= 0.6 is 0 Å². The van der Waals surface area contributed by atoms with Crippen molar-refractivity contribution in [2.45, 2.75) is 38.6 Å². The first-order valence-corrected chi connectivity index (χ1v) is 10.5. The highest BCUT2D eigenvalue weighted by Gasteiger charge is 2.26. The Morgan fingerprint density at radius 2 is 1.97 bits per heavy atom.